The molecule has 4 nitrogen and oxygen atoms in total. The third-order valence-corrected chi connectivity index (χ3v) is 5.30. The molecule has 0 unspecified atom stereocenters. The van der Waals surface area contributed by atoms with Crippen molar-refractivity contribution in [1.29, 1.82) is 0 Å². The molecule has 0 bridgehead atoms. The highest BCUT2D eigenvalue weighted by atomic mass is 32.2. The van der Waals surface area contributed by atoms with Crippen molar-refractivity contribution in [2.45, 2.75) is 43.2 Å². The van der Waals surface area contributed by atoms with Gasteiger partial charge in [-0.25, -0.2) is 0 Å². The van der Waals surface area contributed by atoms with Crippen molar-refractivity contribution in [2.75, 3.05) is 0 Å². The van der Waals surface area contributed by atoms with Crippen molar-refractivity contribution in [1.82, 2.24) is 14.9 Å². The molecule has 2 aromatic rings. The standard InChI is InChI=1S/C17H18N4S/c1-3-7-13(8-4-1)15-11-12-18-21-16(19-20-17(21)22-15)14-9-5-2-6-10-14/h1,3-4,7-8,11-12,14H,2,5-6,9-10H2. The number of allylic oxidation sites excluding steroid dienone is 1. The fourth-order valence-electron chi connectivity index (χ4n) is 3.12. The average molecular weight is 310 g/mol. The Kier molecular flexibility index (Phi) is 3.81. The number of hydrogen-bond acceptors (Lipinski definition) is 4. The van der Waals surface area contributed by atoms with Crippen LogP contribution < -0.4 is 0 Å². The van der Waals surface area contributed by atoms with Gasteiger partial charge in [-0.15, -0.1) is 10.2 Å². The first-order valence-corrected chi connectivity index (χ1v) is 8.67. The predicted octanol–water partition coefficient (Wildman–Crippen LogP) is 4.31. The number of hydrogen-bond donors (Lipinski definition) is 0. The van der Waals surface area contributed by atoms with E-state index in [2.05, 4.69) is 45.6 Å². The zero-order valence-corrected chi connectivity index (χ0v) is 13.2. The van der Waals surface area contributed by atoms with Crippen molar-refractivity contribution in [3.8, 4) is 0 Å². The lowest BCUT2D eigenvalue weighted by molar-refractivity contribution is 0.417. The predicted molar refractivity (Wildman–Crippen MR) is 90.0 cm³/mol. The quantitative estimate of drug-likeness (QED) is 0.830. The molecule has 1 aromatic carbocycles. The number of rotatable bonds is 2. The molecule has 0 saturated heterocycles. The molecule has 0 amide bonds. The number of benzene rings is 1. The van der Waals surface area contributed by atoms with E-state index in [-0.39, 0.29) is 0 Å². The van der Waals surface area contributed by atoms with Crippen molar-refractivity contribution in [3.63, 3.8) is 0 Å². The van der Waals surface area contributed by atoms with E-state index in [0.29, 0.717) is 5.92 Å². The van der Waals surface area contributed by atoms with Gasteiger partial charge in [-0.1, -0.05) is 49.6 Å². The molecule has 1 saturated carbocycles. The Bertz CT molecular complexity index is 712. The Morgan fingerprint density at radius 3 is 2.64 bits per heavy atom. The van der Waals surface area contributed by atoms with E-state index in [0.717, 1.165) is 15.9 Å². The van der Waals surface area contributed by atoms with Crippen LogP contribution in [0.2, 0.25) is 0 Å². The lowest BCUT2D eigenvalue weighted by Gasteiger charge is -2.20. The van der Waals surface area contributed by atoms with Crippen LogP contribution in [0.1, 0.15) is 49.4 Å². The Morgan fingerprint density at radius 2 is 1.82 bits per heavy atom. The summed E-state index contributed by atoms with van der Waals surface area (Å²) < 4.78 is 1.94. The molecule has 1 fully saturated rings. The van der Waals surface area contributed by atoms with Crippen molar-refractivity contribution in [2.24, 2.45) is 5.10 Å². The summed E-state index contributed by atoms with van der Waals surface area (Å²) in [7, 11) is 0. The molecule has 4 rings (SSSR count). The minimum absolute atomic E-state index is 0.506. The maximum Gasteiger partial charge on any atom is 0.216 e. The van der Waals surface area contributed by atoms with Gasteiger partial charge in [0, 0.05) is 17.0 Å². The van der Waals surface area contributed by atoms with E-state index in [1.54, 1.807) is 11.8 Å². The topological polar surface area (TPSA) is 43.1 Å². The van der Waals surface area contributed by atoms with Gasteiger partial charge in [0.25, 0.3) is 0 Å². The maximum atomic E-state index is 4.57. The monoisotopic (exact) mass is 310 g/mol. The summed E-state index contributed by atoms with van der Waals surface area (Å²) in [6.45, 7) is 0. The summed E-state index contributed by atoms with van der Waals surface area (Å²) in [5.41, 5.74) is 1.19. The maximum absolute atomic E-state index is 4.57. The highest BCUT2D eigenvalue weighted by molar-refractivity contribution is 8.08. The first-order valence-electron chi connectivity index (χ1n) is 7.85. The van der Waals surface area contributed by atoms with Gasteiger partial charge in [-0.05, 0) is 36.2 Å². The Hall–Kier alpha value is -1.88. The summed E-state index contributed by atoms with van der Waals surface area (Å²) in [5.74, 6) is 1.53. The van der Waals surface area contributed by atoms with Crippen LogP contribution in [0.5, 0.6) is 0 Å². The van der Waals surface area contributed by atoms with Crippen LogP contribution in [-0.2, 0) is 0 Å². The Balaban J connectivity index is 1.64. The van der Waals surface area contributed by atoms with Crippen LogP contribution in [0.25, 0.3) is 4.91 Å². The molecule has 2 aliphatic rings. The molecule has 0 radical (unpaired) electrons. The van der Waals surface area contributed by atoms with Gasteiger partial charge in [0.05, 0.1) is 0 Å². The molecule has 0 spiro atoms. The molecule has 5 heteroatoms. The van der Waals surface area contributed by atoms with E-state index in [1.807, 2.05) is 17.0 Å². The zero-order chi connectivity index (χ0) is 14.8. The Labute approximate surface area is 134 Å². The number of aromatic nitrogens is 3. The summed E-state index contributed by atoms with van der Waals surface area (Å²) in [5, 5.41) is 14.3. The van der Waals surface area contributed by atoms with E-state index in [1.165, 1.54) is 37.7 Å². The van der Waals surface area contributed by atoms with E-state index < -0.39 is 0 Å². The average Bonchev–Trinajstić information content (AvgIpc) is 2.86. The van der Waals surface area contributed by atoms with E-state index in [4.69, 9.17) is 0 Å². The second kappa shape index (κ2) is 6.08. The van der Waals surface area contributed by atoms with Gasteiger partial charge in [0.2, 0.25) is 5.16 Å². The van der Waals surface area contributed by atoms with Crippen LogP contribution in [0.4, 0.5) is 0 Å². The van der Waals surface area contributed by atoms with Crippen LogP contribution in [-0.4, -0.2) is 21.1 Å². The lowest BCUT2D eigenvalue weighted by atomic mass is 9.89. The minimum Gasteiger partial charge on any atom is -0.191 e. The first-order chi connectivity index (χ1) is 10.9. The fraction of sp³-hybridized carbons (Fsp3) is 0.353. The molecule has 22 heavy (non-hydrogen) atoms. The van der Waals surface area contributed by atoms with Gasteiger partial charge < -0.3 is 0 Å². The lowest BCUT2D eigenvalue weighted by Crippen LogP contribution is -2.10. The molecule has 0 atom stereocenters. The smallest absolute Gasteiger partial charge is 0.191 e. The molecule has 2 heterocycles. The second-order valence-corrected chi connectivity index (χ2v) is 6.76. The summed E-state index contributed by atoms with van der Waals surface area (Å²) in [6.07, 6.45) is 10.2. The van der Waals surface area contributed by atoms with Crippen molar-refractivity contribution >= 4 is 22.9 Å². The summed E-state index contributed by atoms with van der Waals surface area (Å²) >= 11 is 1.64. The molecule has 112 valence electrons. The van der Waals surface area contributed by atoms with Gasteiger partial charge in [0.15, 0.2) is 5.82 Å². The van der Waals surface area contributed by atoms with Crippen molar-refractivity contribution in [3.05, 3.63) is 47.8 Å². The highest BCUT2D eigenvalue weighted by Crippen LogP contribution is 2.37. The fourth-order valence-corrected chi connectivity index (χ4v) is 4.01. The molecule has 1 aliphatic carbocycles. The number of nitrogens with zero attached hydrogens (tertiary/aromatic N) is 4. The number of fused-ring (bicyclic) bond motifs is 1. The molecular formula is C17H18N4S. The minimum atomic E-state index is 0.506. The van der Waals surface area contributed by atoms with Crippen LogP contribution in [0.15, 0.2) is 46.7 Å². The molecular weight excluding hydrogens is 292 g/mol. The molecule has 1 aliphatic heterocycles. The molecule has 1 aromatic heterocycles. The van der Waals surface area contributed by atoms with E-state index in [9.17, 15) is 0 Å². The normalized spacial score (nSPS) is 18.6. The second-order valence-electron chi connectivity index (χ2n) is 5.75. The van der Waals surface area contributed by atoms with Gasteiger partial charge in [-0.3, -0.25) is 0 Å². The van der Waals surface area contributed by atoms with E-state index >= 15 is 0 Å². The SMILES string of the molecule is C1=Nn2c(nnc2C2CCCCC2)SC(c2ccccc2)=C1. The van der Waals surface area contributed by atoms with Gasteiger partial charge in [0.1, 0.15) is 0 Å². The third-order valence-electron chi connectivity index (χ3n) is 4.27. The third kappa shape index (κ3) is 2.61. The van der Waals surface area contributed by atoms with Gasteiger partial charge in [-0.2, -0.15) is 9.78 Å². The van der Waals surface area contributed by atoms with Crippen LogP contribution in [0, 0.1) is 0 Å². The summed E-state index contributed by atoms with van der Waals surface area (Å²) in [4.78, 5) is 1.16. The number of thioether (sulfide) groups is 1. The first kappa shape index (κ1) is 13.8. The zero-order valence-electron chi connectivity index (χ0n) is 12.4. The largest absolute Gasteiger partial charge is 0.216 e. The summed E-state index contributed by atoms with van der Waals surface area (Å²) in [6, 6.07) is 10.4. The molecule has 0 N–H and O–H groups in total. The van der Waals surface area contributed by atoms with Crippen LogP contribution >= 0.6 is 11.8 Å². The Morgan fingerprint density at radius 1 is 1.00 bits per heavy atom. The van der Waals surface area contributed by atoms with Crippen LogP contribution in [0.3, 0.4) is 0 Å². The highest BCUT2D eigenvalue weighted by Gasteiger charge is 2.24. The van der Waals surface area contributed by atoms with Gasteiger partial charge >= 0.3 is 0 Å². The van der Waals surface area contributed by atoms with Crippen molar-refractivity contribution < 1.29 is 0 Å².